The van der Waals surface area contributed by atoms with E-state index in [1.807, 2.05) is 30.3 Å². The van der Waals surface area contributed by atoms with Crippen LogP contribution in [0.25, 0.3) is 10.9 Å². The lowest BCUT2D eigenvalue weighted by molar-refractivity contribution is 1.18. The van der Waals surface area contributed by atoms with Gasteiger partial charge in [-0.1, -0.05) is 18.3 Å². The van der Waals surface area contributed by atoms with Crippen molar-refractivity contribution < 1.29 is 0 Å². The van der Waals surface area contributed by atoms with Crippen molar-refractivity contribution in [3.63, 3.8) is 0 Å². The first-order valence-corrected chi connectivity index (χ1v) is 6.37. The molecule has 0 radical (unpaired) electrons. The Morgan fingerprint density at radius 3 is 2.75 bits per heavy atom. The Balaban J connectivity index is 1.99. The lowest BCUT2D eigenvalue weighted by Crippen LogP contribution is -2.14. The van der Waals surface area contributed by atoms with Crippen LogP contribution in [-0.2, 0) is 0 Å². The van der Waals surface area contributed by atoms with Gasteiger partial charge in [-0.05, 0) is 24.3 Å². The van der Waals surface area contributed by atoms with Crippen molar-refractivity contribution >= 4 is 39.6 Å². The molecule has 5 nitrogen and oxygen atoms in total. The number of nitrogens with one attached hydrogen (secondary N) is 1. The average Bonchev–Trinajstić information content (AvgIpc) is 2.47. The number of hydrogen-bond donors (Lipinski definition) is 2. The molecule has 2 aromatic heterocycles. The van der Waals surface area contributed by atoms with E-state index in [1.54, 1.807) is 18.6 Å². The highest BCUT2D eigenvalue weighted by Gasteiger charge is 2.08. The van der Waals surface area contributed by atoms with Crippen LogP contribution in [0.1, 0.15) is 5.69 Å². The molecule has 98 valence electrons. The van der Waals surface area contributed by atoms with Crippen LogP contribution < -0.4 is 11.1 Å². The first-order valence-electron chi connectivity index (χ1n) is 5.96. The summed E-state index contributed by atoms with van der Waals surface area (Å²) in [5.41, 5.74) is 7.93. The predicted molar refractivity (Wildman–Crippen MR) is 82.9 cm³/mol. The van der Waals surface area contributed by atoms with Gasteiger partial charge in [0.2, 0.25) is 0 Å². The number of benzene rings is 1. The van der Waals surface area contributed by atoms with Crippen molar-refractivity contribution in [1.29, 1.82) is 0 Å². The number of nitrogens with zero attached hydrogens (tertiary/aromatic N) is 3. The van der Waals surface area contributed by atoms with E-state index < -0.39 is 0 Å². The van der Waals surface area contributed by atoms with Crippen LogP contribution in [0.5, 0.6) is 0 Å². The fourth-order valence-electron chi connectivity index (χ4n) is 1.90. The molecule has 0 aliphatic rings. The Kier molecular flexibility index (Phi) is 3.22. The summed E-state index contributed by atoms with van der Waals surface area (Å²) in [5, 5.41) is 4.22. The molecular formula is C14H11N5S. The van der Waals surface area contributed by atoms with Crippen molar-refractivity contribution in [3.05, 3.63) is 54.6 Å². The molecule has 0 aliphatic heterocycles. The number of pyridine rings is 1. The molecule has 0 bridgehead atoms. The summed E-state index contributed by atoms with van der Waals surface area (Å²) >= 11 is 4.97. The zero-order chi connectivity index (χ0) is 13.9. The monoisotopic (exact) mass is 281 g/mol. The summed E-state index contributed by atoms with van der Waals surface area (Å²) in [6.07, 6.45) is 4.92. The maximum absolute atomic E-state index is 5.64. The number of thiocarbonyl (C=S) groups is 1. The van der Waals surface area contributed by atoms with Crippen LogP contribution in [0.4, 0.5) is 11.5 Å². The summed E-state index contributed by atoms with van der Waals surface area (Å²) in [6, 6.07) is 9.75. The number of hydrogen-bond acceptors (Lipinski definition) is 5. The van der Waals surface area contributed by atoms with Crippen molar-refractivity contribution in [1.82, 2.24) is 15.0 Å². The highest BCUT2D eigenvalue weighted by Crippen LogP contribution is 2.21. The lowest BCUT2D eigenvalue weighted by atomic mass is 10.2. The molecular weight excluding hydrogens is 270 g/mol. The molecule has 0 saturated heterocycles. The van der Waals surface area contributed by atoms with Crippen LogP contribution in [-0.4, -0.2) is 19.9 Å². The second-order valence-electron chi connectivity index (χ2n) is 4.15. The van der Waals surface area contributed by atoms with E-state index in [-0.39, 0.29) is 4.99 Å². The van der Waals surface area contributed by atoms with Gasteiger partial charge in [0, 0.05) is 29.7 Å². The van der Waals surface area contributed by atoms with E-state index in [4.69, 9.17) is 18.0 Å². The molecule has 3 aromatic rings. The Bertz CT molecular complexity index is 787. The highest BCUT2D eigenvalue weighted by molar-refractivity contribution is 7.80. The smallest absolute Gasteiger partial charge is 0.159 e. The fourth-order valence-corrected chi connectivity index (χ4v) is 2.05. The molecule has 2 heterocycles. The Morgan fingerprint density at radius 1 is 1.05 bits per heavy atom. The molecule has 0 amide bonds. The maximum Gasteiger partial charge on any atom is 0.159 e. The van der Waals surface area contributed by atoms with Gasteiger partial charge in [-0.3, -0.25) is 4.98 Å². The SMILES string of the molecule is NC(=S)c1nccnc1Nc1ccc2ncccc2c1. The third-order valence-electron chi connectivity index (χ3n) is 2.80. The predicted octanol–water partition coefficient (Wildman–Crippen LogP) is 2.40. The first kappa shape index (κ1) is 12.4. The van der Waals surface area contributed by atoms with Gasteiger partial charge in [-0.15, -0.1) is 0 Å². The van der Waals surface area contributed by atoms with Gasteiger partial charge in [-0.2, -0.15) is 0 Å². The minimum atomic E-state index is 0.211. The largest absolute Gasteiger partial charge is 0.388 e. The van der Waals surface area contributed by atoms with Gasteiger partial charge in [0.15, 0.2) is 5.82 Å². The summed E-state index contributed by atoms with van der Waals surface area (Å²) < 4.78 is 0. The topological polar surface area (TPSA) is 76.7 Å². The first-order chi connectivity index (χ1) is 9.74. The number of anilines is 2. The van der Waals surface area contributed by atoms with Crippen LogP contribution in [0, 0.1) is 0 Å². The lowest BCUT2D eigenvalue weighted by Gasteiger charge is -2.09. The third kappa shape index (κ3) is 2.41. The molecule has 0 spiro atoms. The molecule has 0 saturated carbocycles. The van der Waals surface area contributed by atoms with Gasteiger partial charge >= 0.3 is 0 Å². The summed E-state index contributed by atoms with van der Waals surface area (Å²) in [6.45, 7) is 0. The number of fused-ring (bicyclic) bond motifs is 1. The zero-order valence-electron chi connectivity index (χ0n) is 10.4. The van der Waals surface area contributed by atoms with Gasteiger partial charge in [-0.25, -0.2) is 9.97 Å². The van der Waals surface area contributed by atoms with E-state index >= 15 is 0 Å². The van der Waals surface area contributed by atoms with Gasteiger partial charge < -0.3 is 11.1 Å². The summed E-state index contributed by atoms with van der Waals surface area (Å²) in [4.78, 5) is 12.8. The van der Waals surface area contributed by atoms with E-state index in [0.717, 1.165) is 16.6 Å². The van der Waals surface area contributed by atoms with Crippen molar-refractivity contribution in [2.45, 2.75) is 0 Å². The van der Waals surface area contributed by atoms with E-state index in [2.05, 4.69) is 20.3 Å². The Hall–Kier alpha value is -2.60. The number of nitrogens with two attached hydrogens (primary N) is 1. The van der Waals surface area contributed by atoms with Crippen LogP contribution in [0.3, 0.4) is 0 Å². The van der Waals surface area contributed by atoms with Gasteiger partial charge in [0.1, 0.15) is 10.7 Å². The number of rotatable bonds is 3. The van der Waals surface area contributed by atoms with Crippen molar-refractivity contribution in [3.8, 4) is 0 Å². The molecule has 6 heteroatoms. The summed E-state index contributed by atoms with van der Waals surface area (Å²) in [7, 11) is 0. The summed E-state index contributed by atoms with van der Waals surface area (Å²) in [5.74, 6) is 0.545. The fraction of sp³-hybridized carbons (Fsp3) is 0. The minimum absolute atomic E-state index is 0.211. The Morgan fingerprint density at radius 2 is 1.90 bits per heavy atom. The molecule has 0 atom stereocenters. The van der Waals surface area contributed by atoms with Gasteiger partial charge in [0.05, 0.1) is 5.52 Å². The molecule has 0 fully saturated rings. The second kappa shape index (κ2) is 5.18. The maximum atomic E-state index is 5.64. The molecule has 0 aliphatic carbocycles. The van der Waals surface area contributed by atoms with Crippen molar-refractivity contribution in [2.24, 2.45) is 5.73 Å². The number of aromatic nitrogens is 3. The average molecular weight is 281 g/mol. The Labute approximate surface area is 120 Å². The highest BCUT2D eigenvalue weighted by atomic mass is 32.1. The van der Waals surface area contributed by atoms with Crippen LogP contribution in [0.2, 0.25) is 0 Å². The molecule has 0 unspecified atom stereocenters. The third-order valence-corrected chi connectivity index (χ3v) is 2.99. The van der Waals surface area contributed by atoms with Crippen LogP contribution in [0.15, 0.2) is 48.9 Å². The van der Waals surface area contributed by atoms with E-state index in [9.17, 15) is 0 Å². The van der Waals surface area contributed by atoms with Crippen LogP contribution >= 0.6 is 12.2 Å². The standard InChI is InChI=1S/C14H11N5S/c15-13(20)12-14(18-7-6-17-12)19-10-3-4-11-9(8-10)2-1-5-16-11/h1-8H,(H2,15,20)(H,18,19). The quantitative estimate of drug-likeness (QED) is 0.718. The van der Waals surface area contributed by atoms with E-state index in [1.165, 1.54) is 0 Å². The molecule has 1 aromatic carbocycles. The van der Waals surface area contributed by atoms with Gasteiger partial charge in [0.25, 0.3) is 0 Å². The normalized spacial score (nSPS) is 10.4. The van der Waals surface area contributed by atoms with Crippen molar-refractivity contribution in [2.75, 3.05) is 5.32 Å². The molecule has 20 heavy (non-hydrogen) atoms. The molecule has 3 rings (SSSR count). The second-order valence-corrected chi connectivity index (χ2v) is 4.59. The molecule has 3 N–H and O–H groups in total. The zero-order valence-corrected chi connectivity index (χ0v) is 11.3. The van der Waals surface area contributed by atoms with E-state index in [0.29, 0.717) is 11.5 Å². The minimum Gasteiger partial charge on any atom is -0.388 e.